The maximum atomic E-state index is 12.3. The van der Waals surface area contributed by atoms with E-state index in [1.807, 2.05) is 30.3 Å². The third-order valence-electron chi connectivity index (χ3n) is 3.93. The summed E-state index contributed by atoms with van der Waals surface area (Å²) in [4.78, 5) is 32.0. The topological polar surface area (TPSA) is 72.0 Å². The van der Waals surface area contributed by atoms with E-state index in [1.165, 1.54) is 0 Å². The van der Waals surface area contributed by atoms with Crippen molar-refractivity contribution < 1.29 is 14.3 Å². The first-order valence-corrected chi connectivity index (χ1v) is 7.12. The Kier molecular flexibility index (Phi) is 2.87. The summed E-state index contributed by atoms with van der Waals surface area (Å²) in [5.74, 6) is 0.237. The average Bonchev–Trinajstić information content (AvgIpc) is 3.05. The summed E-state index contributed by atoms with van der Waals surface area (Å²) >= 11 is 0. The van der Waals surface area contributed by atoms with E-state index in [9.17, 15) is 9.59 Å². The third kappa shape index (κ3) is 1.97. The van der Waals surface area contributed by atoms with Crippen LogP contribution in [0.5, 0.6) is 5.75 Å². The molecule has 0 amide bonds. The molecule has 1 N–H and O–H groups in total. The highest BCUT2D eigenvalue weighted by molar-refractivity contribution is 6.52. The summed E-state index contributed by atoms with van der Waals surface area (Å²) in [6.07, 6.45) is 0. The van der Waals surface area contributed by atoms with Gasteiger partial charge in [-0.1, -0.05) is 24.3 Å². The SMILES string of the molecule is COc1ccc(-c2nc3c([nH]2)C(=O)C(=O)c2ccccc2-3)cc1. The largest absolute Gasteiger partial charge is 0.497 e. The van der Waals surface area contributed by atoms with Gasteiger partial charge in [0.25, 0.3) is 5.78 Å². The van der Waals surface area contributed by atoms with Crippen molar-refractivity contribution in [1.82, 2.24) is 9.97 Å². The summed E-state index contributed by atoms with van der Waals surface area (Å²) in [6.45, 7) is 0. The quantitative estimate of drug-likeness (QED) is 0.738. The molecular formula is C18H12N2O3. The number of carbonyl (C=O) groups excluding carboxylic acids is 2. The molecule has 0 unspecified atom stereocenters. The van der Waals surface area contributed by atoms with Gasteiger partial charge in [-0.05, 0) is 24.3 Å². The first kappa shape index (κ1) is 13.5. The molecule has 1 aliphatic rings. The normalized spacial score (nSPS) is 12.7. The number of aromatic nitrogens is 2. The molecule has 0 atom stereocenters. The lowest BCUT2D eigenvalue weighted by atomic mass is 9.90. The van der Waals surface area contributed by atoms with Gasteiger partial charge in [-0.2, -0.15) is 0 Å². The molecule has 1 aromatic heterocycles. The molecule has 0 saturated carbocycles. The molecule has 4 rings (SSSR count). The maximum absolute atomic E-state index is 12.3. The van der Waals surface area contributed by atoms with Crippen molar-refractivity contribution in [3.05, 3.63) is 59.8 Å². The number of ether oxygens (including phenoxy) is 1. The number of imidazole rings is 1. The second kappa shape index (κ2) is 4.91. The number of fused-ring (bicyclic) bond motifs is 3. The van der Waals surface area contributed by atoms with Crippen LogP contribution >= 0.6 is 0 Å². The van der Waals surface area contributed by atoms with Gasteiger partial charge < -0.3 is 9.72 Å². The van der Waals surface area contributed by atoms with E-state index in [0.717, 1.165) is 11.3 Å². The number of hydrogen-bond donors (Lipinski definition) is 1. The number of Topliss-reactive ketones (excluding diaryl/α,β-unsaturated/α-hetero) is 2. The molecule has 112 valence electrons. The zero-order chi connectivity index (χ0) is 16.0. The number of hydrogen-bond acceptors (Lipinski definition) is 4. The van der Waals surface area contributed by atoms with E-state index in [2.05, 4.69) is 9.97 Å². The molecule has 3 aromatic rings. The van der Waals surface area contributed by atoms with Crippen molar-refractivity contribution in [2.45, 2.75) is 0 Å². The van der Waals surface area contributed by atoms with Crippen LogP contribution in [0.2, 0.25) is 0 Å². The average molecular weight is 304 g/mol. The smallest absolute Gasteiger partial charge is 0.251 e. The van der Waals surface area contributed by atoms with E-state index in [-0.39, 0.29) is 5.69 Å². The van der Waals surface area contributed by atoms with Gasteiger partial charge in [0.1, 0.15) is 23.0 Å². The van der Waals surface area contributed by atoms with Crippen LogP contribution in [0.3, 0.4) is 0 Å². The third-order valence-corrected chi connectivity index (χ3v) is 3.93. The summed E-state index contributed by atoms with van der Waals surface area (Å²) in [5, 5.41) is 0. The molecular weight excluding hydrogens is 292 g/mol. The van der Waals surface area contributed by atoms with Crippen LogP contribution in [0.1, 0.15) is 20.8 Å². The van der Waals surface area contributed by atoms with Crippen LogP contribution < -0.4 is 4.74 Å². The van der Waals surface area contributed by atoms with E-state index < -0.39 is 11.6 Å². The van der Waals surface area contributed by atoms with Crippen molar-refractivity contribution in [3.8, 4) is 28.4 Å². The number of carbonyl (C=O) groups is 2. The zero-order valence-corrected chi connectivity index (χ0v) is 12.3. The lowest BCUT2D eigenvalue weighted by Gasteiger charge is -2.11. The predicted octanol–water partition coefficient (Wildman–Crippen LogP) is 3.13. The zero-order valence-electron chi connectivity index (χ0n) is 12.3. The van der Waals surface area contributed by atoms with Crippen molar-refractivity contribution in [2.24, 2.45) is 0 Å². The minimum atomic E-state index is -0.550. The Balaban J connectivity index is 1.88. The number of aromatic amines is 1. The number of ketones is 2. The number of H-pyrrole nitrogens is 1. The summed E-state index contributed by atoms with van der Waals surface area (Å²) in [6, 6.07) is 14.4. The van der Waals surface area contributed by atoms with Crippen LogP contribution in [-0.4, -0.2) is 28.6 Å². The fraction of sp³-hybridized carbons (Fsp3) is 0.0556. The molecule has 5 nitrogen and oxygen atoms in total. The Morgan fingerprint density at radius 1 is 0.913 bits per heavy atom. The van der Waals surface area contributed by atoms with Gasteiger partial charge in [0.15, 0.2) is 0 Å². The second-order valence-electron chi connectivity index (χ2n) is 5.24. The fourth-order valence-corrected chi connectivity index (χ4v) is 2.74. The Labute approximate surface area is 131 Å². The van der Waals surface area contributed by atoms with Crippen molar-refractivity contribution in [1.29, 1.82) is 0 Å². The molecule has 2 aromatic carbocycles. The monoisotopic (exact) mass is 304 g/mol. The molecule has 0 fully saturated rings. The molecule has 0 spiro atoms. The predicted molar refractivity (Wildman–Crippen MR) is 84.7 cm³/mol. The molecule has 23 heavy (non-hydrogen) atoms. The van der Waals surface area contributed by atoms with Crippen LogP contribution in [0, 0.1) is 0 Å². The van der Waals surface area contributed by atoms with Gasteiger partial charge in [-0.25, -0.2) is 4.98 Å². The molecule has 0 aliphatic heterocycles. The van der Waals surface area contributed by atoms with E-state index in [1.54, 1.807) is 25.3 Å². The number of benzene rings is 2. The fourth-order valence-electron chi connectivity index (χ4n) is 2.74. The summed E-state index contributed by atoms with van der Waals surface area (Å²) in [5.41, 5.74) is 2.68. The first-order valence-electron chi connectivity index (χ1n) is 7.12. The van der Waals surface area contributed by atoms with Gasteiger partial charge >= 0.3 is 0 Å². The highest BCUT2D eigenvalue weighted by Gasteiger charge is 2.33. The molecule has 5 heteroatoms. The number of rotatable bonds is 2. The highest BCUT2D eigenvalue weighted by Crippen LogP contribution is 2.33. The van der Waals surface area contributed by atoms with Crippen molar-refractivity contribution in [2.75, 3.05) is 7.11 Å². The van der Waals surface area contributed by atoms with E-state index >= 15 is 0 Å². The van der Waals surface area contributed by atoms with Gasteiger partial charge in [0, 0.05) is 16.7 Å². The van der Waals surface area contributed by atoms with Crippen LogP contribution in [0.25, 0.3) is 22.6 Å². The number of nitrogens with zero attached hydrogens (tertiary/aromatic N) is 1. The van der Waals surface area contributed by atoms with E-state index in [4.69, 9.17) is 4.74 Å². The molecule has 0 saturated heterocycles. The lowest BCUT2D eigenvalue weighted by molar-refractivity contribution is 0.0812. The maximum Gasteiger partial charge on any atom is 0.251 e. The number of nitrogens with one attached hydrogen (secondary N) is 1. The first-order chi connectivity index (χ1) is 11.2. The minimum absolute atomic E-state index is 0.250. The Bertz CT molecular complexity index is 939. The van der Waals surface area contributed by atoms with E-state index in [0.29, 0.717) is 22.6 Å². The van der Waals surface area contributed by atoms with Gasteiger partial charge in [0.05, 0.1) is 7.11 Å². The van der Waals surface area contributed by atoms with Crippen molar-refractivity contribution >= 4 is 11.6 Å². The Morgan fingerprint density at radius 3 is 2.30 bits per heavy atom. The molecule has 0 bridgehead atoms. The Hall–Kier alpha value is -3.21. The van der Waals surface area contributed by atoms with Gasteiger partial charge in [-0.3, -0.25) is 9.59 Å². The summed E-state index contributed by atoms with van der Waals surface area (Å²) < 4.78 is 5.13. The Morgan fingerprint density at radius 2 is 1.61 bits per heavy atom. The molecule has 1 heterocycles. The van der Waals surface area contributed by atoms with Crippen LogP contribution in [0.4, 0.5) is 0 Å². The van der Waals surface area contributed by atoms with Crippen LogP contribution in [-0.2, 0) is 0 Å². The van der Waals surface area contributed by atoms with Crippen molar-refractivity contribution in [3.63, 3.8) is 0 Å². The van der Waals surface area contributed by atoms with Gasteiger partial charge in [0.2, 0.25) is 5.78 Å². The minimum Gasteiger partial charge on any atom is -0.497 e. The van der Waals surface area contributed by atoms with Gasteiger partial charge in [-0.15, -0.1) is 0 Å². The second-order valence-corrected chi connectivity index (χ2v) is 5.24. The number of methoxy groups -OCH3 is 1. The molecule has 0 radical (unpaired) electrons. The molecule has 1 aliphatic carbocycles. The highest BCUT2D eigenvalue weighted by atomic mass is 16.5. The van der Waals surface area contributed by atoms with Crippen LogP contribution in [0.15, 0.2) is 48.5 Å². The standard InChI is InChI=1S/C18H12N2O3/c1-23-11-8-6-10(7-9-11)18-19-14-12-4-2-3-5-13(12)16(21)17(22)15(14)20-18/h2-9H,1H3,(H,19,20). The summed E-state index contributed by atoms with van der Waals surface area (Å²) in [7, 11) is 1.60. The lowest BCUT2D eigenvalue weighted by Crippen LogP contribution is -2.21.